The maximum atomic E-state index is 13.1. The number of amides is 3. The lowest BCUT2D eigenvalue weighted by Crippen LogP contribution is -2.58. The SMILES string of the molecule is CSCCC(NC(=O)C(CC(C)C)NC(=O)C(N)Cc1cnc[nH]1)C(=O)NC(C(=O)O)C(C)C. The molecule has 34 heavy (non-hydrogen) atoms. The van der Waals surface area contributed by atoms with E-state index in [2.05, 4.69) is 25.9 Å². The van der Waals surface area contributed by atoms with Gasteiger partial charge in [-0.3, -0.25) is 14.4 Å². The van der Waals surface area contributed by atoms with Crippen LogP contribution in [0.2, 0.25) is 0 Å². The van der Waals surface area contributed by atoms with Crippen molar-refractivity contribution in [1.82, 2.24) is 25.9 Å². The molecule has 3 amide bonds. The summed E-state index contributed by atoms with van der Waals surface area (Å²) in [5.74, 6) is -2.41. The summed E-state index contributed by atoms with van der Waals surface area (Å²) < 4.78 is 0. The number of hydrogen-bond acceptors (Lipinski definition) is 7. The number of nitrogens with two attached hydrogens (primary N) is 1. The van der Waals surface area contributed by atoms with Gasteiger partial charge in [0.05, 0.1) is 12.4 Å². The molecule has 1 rings (SSSR count). The van der Waals surface area contributed by atoms with Crippen LogP contribution in [-0.2, 0) is 25.6 Å². The zero-order valence-electron chi connectivity index (χ0n) is 20.5. The third kappa shape index (κ3) is 10.1. The van der Waals surface area contributed by atoms with E-state index in [9.17, 15) is 24.3 Å². The van der Waals surface area contributed by atoms with Crippen LogP contribution in [0.1, 0.15) is 46.2 Å². The normalized spacial score (nSPS) is 14.8. The summed E-state index contributed by atoms with van der Waals surface area (Å²) in [6.07, 6.45) is 5.81. The maximum Gasteiger partial charge on any atom is 0.326 e. The van der Waals surface area contributed by atoms with E-state index in [4.69, 9.17) is 5.73 Å². The highest BCUT2D eigenvalue weighted by Crippen LogP contribution is 2.09. The second kappa shape index (κ2) is 14.6. The molecule has 1 aromatic heterocycles. The molecule has 0 aliphatic carbocycles. The van der Waals surface area contributed by atoms with Crippen molar-refractivity contribution < 1.29 is 24.3 Å². The van der Waals surface area contributed by atoms with Crippen LogP contribution in [-0.4, -0.2) is 74.9 Å². The molecule has 4 unspecified atom stereocenters. The first-order valence-electron chi connectivity index (χ1n) is 11.3. The second-order valence-electron chi connectivity index (χ2n) is 8.99. The summed E-state index contributed by atoms with van der Waals surface area (Å²) in [4.78, 5) is 56.9. The first kappa shape index (κ1) is 29.4. The van der Waals surface area contributed by atoms with Gasteiger partial charge in [-0.15, -0.1) is 0 Å². The van der Waals surface area contributed by atoms with Gasteiger partial charge in [-0.2, -0.15) is 11.8 Å². The third-order valence-corrected chi connectivity index (χ3v) is 5.79. The van der Waals surface area contributed by atoms with Crippen LogP contribution in [0.3, 0.4) is 0 Å². The van der Waals surface area contributed by atoms with Crippen LogP contribution < -0.4 is 21.7 Å². The monoisotopic (exact) mass is 498 g/mol. The van der Waals surface area contributed by atoms with Gasteiger partial charge < -0.3 is 31.8 Å². The van der Waals surface area contributed by atoms with E-state index in [-0.39, 0.29) is 18.3 Å². The van der Waals surface area contributed by atoms with E-state index in [1.807, 2.05) is 20.1 Å². The summed E-state index contributed by atoms with van der Waals surface area (Å²) in [6, 6.07) is -3.80. The molecule has 0 saturated carbocycles. The molecular weight excluding hydrogens is 460 g/mol. The molecule has 1 heterocycles. The molecule has 0 fully saturated rings. The van der Waals surface area contributed by atoms with E-state index in [0.29, 0.717) is 24.3 Å². The summed E-state index contributed by atoms with van der Waals surface area (Å²) in [7, 11) is 0. The van der Waals surface area contributed by atoms with Crippen LogP contribution in [0.5, 0.6) is 0 Å². The van der Waals surface area contributed by atoms with Gasteiger partial charge in [0.1, 0.15) is 18.1 Å². The number of H-pyrrole nitrogens is 1. The number of rotatable bonds is 15. The zero-order chi connectivity index (χ0) is 25.8. The van der Waals surface area contributed by atoms with Gasteiger partial charge in [0.25, 0.3) is 0 Å². The number of thioether (sulfide) groups is 1. The molecule has 0 saturated heterocycles. The number of nitrogens with zero attached hydrogens (tertiary/aromatic N) is 1. The number of nitrogens with one attached hydrogen (secondary N) is 4. The van der Waals surface area contributed by atoms with Gasteiger partial charge >= 0.3 is 5.97 Å². The molecule has 0 aliphatic heterocycles. The van der Waals surface area contributed by atoms with Crippen molar-refractivity contribution in [2.24, 2.45) is 17.6 Å². The highest BCUT2D eigenvalue weighted by atomic mass is 32.2. The topological polar surface area (TPSA) is 179 Å². The van der Waals surface area contributed by atoms with Crippen molar-refractivity contribution in [3.8, 4) is 0 Å². The molecule has 11 nitrogen and oxygen atoms in total. The number of carbonyl (C=O) groups excluding carboxylic acids is 3. The van der Waals surface area contributed by atoms with Crippen molar-refractivity contribution in [3.05, 3.63) is 18.2 Å². The van der Waals surface area contributed by atoms with Gasteiger partial charge in [0.2, 0.25) is 17.7 Å². The lowest BCUT2D eigenvalue weighted by atomic mass is 10.0. The quantitative estimate of drug-likeness (QED) is 0.199. The summed E-state index contributed by atoms with van der Waals surface area (Å²) in [5.41, 5.74) is 6.69. The number of imidazole rings is 1. The Morgan fingerprint density at radius 2 is 1.68 bits per heavy atom. The maximum absolute atomic E-state index is 13.1. The minimum Gasteiger partial charge on any atom is -0.480 e. The Labute approximate surface area is 204 Å². The van der Waals surface area contributed by atoms with E-state index in [1.54, 1.807) is 20.0 Å². The molecule has 0 aliphatic rings. The Hall–Kier alpha value is -2.60. The number of carboxylic acid groups (broad SMARTS) is 1. The number of carboxylic acids is 1. The van der Waals surface area contributed by atoms with E-state index >= 15 is 0 Å². The van der Waals surface area contributed by atoms with Gasteiger partial charge in [-0.25, -0.2) is 9.78 Å². The standard InChI is InChI=1S/C22H38N6O5S/c1-12(2)8-17(27-19(29)15(23)9-14-10-24-11-25-14)21(31)26-16(6-7-34-5)20(30)28-18(13(3)4)22(32)33/h10-13,15-18H,6-9,23H2,1-5H3,(H,24,25)(H,26,31)(H,27,29)(H,28,30)(H,32,33). The summed E-state index contributed by atoms with van der Waals surface area (Å²) >= 11 is 1.50. The first-order chi connectivity index (χ1) is 16.0. The fourth-order valence-electron chi connectivity index (χ4n) is 3.25. The molecule has 0 radical (unpaired) electrons. The van der Waals surface area contributed by atoms with Crippen molar-refractivity contribution in [1.29, 1.82) is 0 Å². The third-order valence-electron chi connectivity index (χ3n) is 5.15. The lowest BCUT2D eigenvalue weighted by Gasteiger charge is -2.26. The molecule has 192 valence electrons. The van der Waals surface area contributed by atoms with Gasteiger partial charge in [-0.1, -0.05) is 27.7 Å². The predicted molar refractivity (Wildman–Crippen MR) is 131 cm³/mol. The number of aliphatic carboxylic acids is 1. The summed E-state index contributed by atoms with van der Waals surface area (Å²) in [6.45, 7) is 7.20. The number of hydrogen-bond donors (Lipinski definition) is 6. The smallest absolute Gasteiger partial charge is 0.326 e. The highest BCUT2D eigenvalue weighted by Gasteiger charge is 2.31. The molecule has 0 aromatic carbocycles. The number of carbonyl (C=O) groups is 4. The van der Waals surface area contributed by atoms with E-state index < -0.39 is 47.9 Å². The second-order valence-corrected chi connectivity index (χ2v) is 9.97. The van der Waals surface area contributed by atoms with Gasteiger partial charge in [0, 0.05) is 18.3 Å². The Morgan fingerprint density at radius 3 is 2.18 bits per heavy atom. The number of aromatic amines is 1. The molecular formula is C22H38N6O5S. The minimum absolute atomic E-state index is 0.0793. The van der Waals surface area contributed by atoms with Crippen molar-refractivity contribution in [2.75, 3.05) is 12.0 Å². The fourth-order valence-corrected chi connectivity index (χ4v) is 3.72. The van der Waals surface area contributed by atoms with Crippen LogP contribution in [0.25, 0.3) is 0 Å². The van der Waals surface area contributed by atoms with E-state index in [0.717, 1.165) is 0 Å². The lowest BCUT2D eigenvalue weighted by molar-refractivity contribution is -0.143. The Bertz CT molecular complexity index is 802. The minimum atomic E-state index is -1.14. The van der Waals surface area contributed by atoms with Crippen LogP contribution in [0.4, 0.5) is 0 Å². The first-order valence-corrected chi connectivity index (χ1v) is 12.7. The van der Waals surface area contributed by atoms with Crippen LogP contribution in [0, 0.1) is 11.8 Å². The van der Waals surface area contributed by atoms with Crippen molar-refractivity contribution >= 4 is 35.5 Å². The molecule has 1 aromatic rings. The Morgan fingerprint density at radius 1 is 1.06 bits per heavy atom. The molecule has 0 spiro atoms. The molecule has 4 atom stereocenters. The fraction of sp³-hybridized carbons (Fsp3) is 0.682. The average Bonchev–Trinajstić information content (AvgIpc) is 3.26. The Kier molecular flexibility index (Phi) is 12.7. The average molecular weight is 499 g/mol. The van der Waals surface area contributed by atoms with E-state index in [1.165, 1.54) is 18.1 Å². The zero-order valence-corrected chi connectivity index (χ0v) is 21.3. The molecule has 0 bridgehead atoms. The number of aromatic nitrogens is 2. The van der Waals surface area contributed by atoms with Crippen molar-refractivity contribution in [2.45, 2.75) is 71.1 Å². The predicted octanol–water partition coefficient (Wildman–Crippen LogP) is 0.274. The molecule has 12 heteroatoms. The van der Waals surface area contributed by atoms with Gasteiger partial charge in [0.15, 0.2) is 0 Å². The molecule has 7 N–H and O–H groups in total. The summed E-state index contributed by atoms with van der Waals surface area (Å²) in [5, 5.41) is 17.3. The van der Waals surface area contributed by atoms with Gasteiger partial charge in [-0.05, 0) is 36.7 Å². The highest BCUT2D eigenvalue weighted by molar-refractivity contribution is 7.98. The largest absolute Gasteiger partial charge is 0.480 e. The van der Waals surface area contributed by atoms with Crippen LogP contribution in [0.15, 0.2) is 12.5 Å². The van der Waals surface area contributed by atoms with Crippen LogP contribution >= 0.6 is 11.8 Å². The van der Waals surface area contributed by atoms with Crippen molar-refractivity contribution in [3.63, 3.8) is 0 Å². The Balaban J connectivity index is 2.92.